The molecule has 1 heterocycles. The number of aromatic nitrogens is 1. The minimum absolute atomic E-state index is 0.806. The predicted octanol–water partition coefficient (Wildman–Crippen LogP) is 4.16. The van der Waals surface area contributed by atoms with Crippen LogP contribution < -0.4 is 0 Å². The maximum Gasteiger partial charge on any atom is 0.116 e. The van der Waals surface area contributed by atoms with Crippen LogP contribution in [0.2, 0.25) is 5.02 Å². The van der Waals surface area contributed by atoms with E-state index in [4.69, 9.17) is 11.6 Å². The van der Waals surface area contributed by atoms with Crippen molar-refractivity contribution in [2.75, 3.05) is 0 Å². The van der Waals surface area contributed by atoms with Gasteiger partial charge in [-0.05, 0) is 30.2 Å². The Hall–Kier alpha value is -0.860. The molecule has 1 nitrogen and oxygen atoms in total. The van der Waals surface area contributed by atoms with E-state index in [1.807, 2.05) is 6.07 Å². The van der Waals surface area contributed by atoms with Crippen molar-refractivity contribution >= 4 is 39.2 Å². The summed E-state index contributed by atoms with van der Waals surface area (Å²) in [5, 5.41) is 1.75. The molecule has 0 aliphatic carbocycles. The third kappa shape index (κ3) is 1.56. The number of rotatable bonds is 2. The van der Waals surface area contributed by atoms with Gasteiger partial charge in [0, 0.05) is 5.02 Å². The Morgan fingerprint density at radius 3 is 3.00 bits per heavy atom. The van der Waals surface area contributed by atoms with Crippen LogP contribution in [0.4, 0.5) is 0 Å². The molecule has 2 aromatic rings. The van der Waals surface area contributed by atoms with E-state index in [9.17, 15) is 0 Å². The standard InChI is InChI=1S/C11H10ClNS/c1-3-7-5-10-9(6-8(7)12)13-11(4-2)14-10/h4-6H,2-3H2,1H3. The molecule has 0 bridgehead atoms. The molecule has 0 amide bonds. The normalized spacial score (nSPS) is 10.7. The van der Waals surface area contributed by atoms with E-state index >= 15 is 0 Å². The van der Waals surface area contributed by atoms with Gasteiger partial charge in [0.2, 0.25) is 0 Å². The van der Waals surface area contributed by atoms with Gasteiger partial charge in [0.15, 0.2) is 0 Å². The fourth-order valence-corrected chi connectivity index (χ4v) is 2.52. The predicted molar refractivity (Wildman–Crippen MR) is 64.1 cm³/mol. The molecular weight excluding hydrogens is 214 g/mol. The first-order valence-corrected chi connectivity index (χ1v) is 5.65. The first-order valence-electron chi connectivity index (χ1n) is 4.46. The number of fused-ring (bicyclic) bond motifs is 1. The number of halogens is 1. The summed E-state index contributed by atoms with van der Waals surface area (Å²) in [7, 11) is 0. The Morgan fingerprint density at radius 2 is 2.36 bits per heavy atom. The van der Waals surface area contributed by atoms with Crippen molar-refractivity contribution in [2.45, 2.75) is 13.3 Å². The fraction of sp³-hybridized carbons (Fsp3) is 0.182. The third-order valence-corrected chi connectivity index (χ3v) is 3.49. The lowest BCUT2D eigenvalue weighted by molar-refractivity contribution is 1.15. The molecule has 0 spiro atoms. The van der Waals surface area contributed by atoms with Gasteiger partial charge < -0.3 is 0 Å². The molecule has 0 aliphatic rings. The minimum atomic E-state index is 0.806. The van der Waals surface area contributed by atoms with Crippen LogP contribution in [0.15, 0.2) is 18.7 Å². The molecule has 2 rings (SSSR count). The van der Waals surface area contributed by atoms with E-state index in [0.717, 1.165) is 22.0 Å². The zero-order valence-electron chi connectivity index (χ0n) is 7.88. The number of hydrogen-bond acceptors (Lipinski definition) is 2. The maximum absolute atomic E-state index is 6.09. The smallest absolute Gasteiger partial charge is 0.116 e. The van der Waals surface area contributed by atoms with Gasteiger partial charge in [-0.2, -0.15) is 0 Å². The van der Waals surface area contributed by atoms with Crippen LogP contribution in [-0.4, -0.2) is 4.98 Å². The van der Waals surface area contributed by atoms with E-state index in [0.29, 0.717) is 0 Å². The lowest BCUT2D eigenvalue weighted by atomic mass is 10.2. The number of nitrogens with zero attached hydrogens (tertiary/aromatic N) is 1. The van der Waals surface area contributed by atoms with Crippen LogP contribution in [0.3, 0.4) is 0 Å². The van der Waals surface area contributed by atoms with Gasteiger partial charge in [0.1, 0.15) is 5.01 Å². The second-order valence-electron chi connectivity index (χ2n) is 3.02. The molecule has 0 unspecified atom stereocenters. The van der Waals surface area contributed by atoms with Crippen molar-refractivity contribution in [3.05, 3.63) is 34.3 Å². The van der Waals surface area contributed by atoms with Crippen LogP contribution in [0.25, 0.3) is 16.3 Å². The molecule has 0 saturated heterocycles. The van der Waals surface area contributed by atoms with Gasteiger partial charge >= 0.3 is 0 Å². The Balaban J connectivity index is 2.69. The first-order chi connectivity index (χ1) is 6.74. The molecule has 0 atom stereocenters. The van der Waals surface area contributed by atoms with Gasteiger partial charge in [-0.1, -0.05) is 25.1 Å². The van der Waals surface area contributed by atoms with Crippen LogP contribution in [-0.2, 0) is 6.42 Å². The van der Waals surface area contributed by atoms with Gasteiger partial charge in [-0.25, -0.2) is 4.98 Å². The summed E-state index contributed by atoms with van der Waals surface area (Å²) in [5.74, 6) is 0. The highest BCUT2D eigenvalue weighted by Gasteiger charge is 2.05. The average molecular weight is 224 g/mol. The van der Waals surface area contributed by atoms with Crippen molar-refractivity contribution in [3.63, 3.8) is 0 Å². The maximum atomic E-state index is 6.09. The average Bonchev–Trinajstić information content (AvgIpc) is 2.58. The van der Waals surface area contributed by atoms with E-state index in [-0.39, 0.29) is 0 Å². The largest absolute Gasteiger partial charge is 0.237 e. The Bertz CT molecular complexity index is 487. The molecule has 14 heavy (non-hydrogen) atoms. The molecule has 0 fully saturated rings. The van der Waals surface area contributed by atoms with Crippen molar-refractivity contribution in [1.29, 1.82) is 0 Å². The summed E-state index contributed by atoms with van der Waals surface area (Å²) >= 11 is 7.74. The molecule has 1 aromatic heterocycles. The molecular formula is C11H10ClNS. The highest BCUT2D eigenvalue weighted by atomic mass is 35.5. The minimum Gasteiger partial charge on any atom is -0.237 e. The summed E-state index contributed by atoms with van der Waals surface area (Å²) in [5.41, 5.74) is 2.14. The molecule has 1 aromatic carbocycles. The van der Waals surface area contributed by atoms with Crippen LogP contribution in [0, 0.1) is 0 Å². The quantitative estimate of drug-likeness (QED) is 0.745. The van der Waals surface area contributed by atoms with Crippen molar-refractivity contribution in [3.8, 4) is 0 Å². The van der Waals surface area contributed by atoms with Crippen molar-refractivity contribution < 1.29 is 0 Å². The van der Waals surface area contributed by atoms with Gasteiger partial charge in [-0.3, -0.25) is 0 Å². The van der Waals surface area contributed by atoms with Gasteiger partial charge in [0.05, 0.1) is 10.2 Å². The molecule has 3 heteroatoms. The molecule has 0 aliphatic heterocycles. The third-order valence-electron chi connectivity index (χ3n) is 2.13. The van der Waals surface area contributed by atoms with E-state index < -0.39 is 0 Å². The van der Waals surface area contributed by atoms with Crippen molar-refractivity contribution in [2.24, 2.45) is 0 Å². The first kappa shape index (κ1) is 9.69. The Labute approximate surface area is 92.0 Å². The van der Waals surface area contributed by atoms with E-state index in [2.05, 4.69) is 24.6 Å². The molecule has 0 N–H and O–H groups in total. The van der Waals surface area contributed by atoms with E-state index in [1.54, 1.807) is 17.4 Å². The van der Waals surface area contributed by atoms with Crippen LogP contribution in [0.5, 0.6) is 0 Å². The fourth-order valence-electron chi connectivity index (χ4n) is 1.37. The second kappa shape index (κ2) is 3.71. The summed E-state index contributed by atoms with van der Waals surface area (Å²) in [6.07, 6.45) is 2.72. The molecule has 0 saturated carbocycles. The number of aryl methyl sites for hydroxylation is 1. The van der Waals surface area contributed by atoms with E-state index in [1.165, 1.54) is 10.3 Å². The molecule has 0 radical (unpaired) electrons. The summed E-state index contributed by atoms with van der Waals surface area (Å²) in [4.78, 5) is 4.38. The molecule has 72 valence electrons. The van der Waals surface area contributed by atoms with Crippen LogP contribution >= 0.6 is 22.9 Å². The lowest BCUT2D eigenvalue weighted by Crippen LogP contribution is -1.81. The SMILES string of the molecule is C=Cc1nc2cc(Cl)c(CC)cc2s1. The topological polar surface area (TPSA) is 12.9 Å². The highest BCUT2D eigenvalue weighted by Crippen LogP contribution is 2.28. The summed E-state index contributed by atoms with van der Waals surface area (Å²) in [6, 6.07) is 4.04. The Morgan fingerprint density at radius 1 is 1.57 bits per heavy atom. The van der Waals surface area contributed by atoms with Crippen LogP contribution in [0.1, 0.15) is 17.5 Å². The number of benzene rings is 1. The lowest BCUT2D eigenvalue weighted by Gasteiger charge is -1.98. The van der Waals surface area contributed by atoms with Crippen molar-refractivity contribution in [1.82, 2.24) is 4.98 Å². The van der Waals surface area contributed by atoms with Gasteiger partial charge in [0.25, 0.3) is 0 Å². The number of hydrogen-bond donors (Lipinski definition) is 0. The monoisotopic (exact) mass is 223 g/mol. The summed E-state index contributed by atoms with van der Waals surface area (Å²) < 4.78 is 1.18. The number of thiazole rings is 1. The zero-order valence-corrected chi connectivity index (χ0v) is 9.45. The second-order valence-corrected chi connectivity index (χ2v) is 4.49. The summed E-state index contributed by atoms with van der Waals surface area (Å²) in [6.45, 7) is 5.81. The van der Waals surface area contributed by atoms with Gasteiger partial charge in [-0.15, -0.1) is 11.3 Å². The highest BCUT2D eigenvalue weighted by molar-refractivity contribution is 7.19. The Kier molecular flexibility index (Phi) is 2.57. The zero-order chi connectivity index (χ0) is 10.1.